The molecule has 0 aliphatic rings. The van der Waals surface area contributed by atoms with E-state index in [2.05, 4.69) is 0 Å². The largest absolute Gasteiger partial charge is 0.0623 e. The van der Waals surface area contributed by atoms with Crippen molar-refractivity contribution in [3.05, 3.63) is 36.4 Å². The molecule has 1 aromatic carbocycles. The molecule has 0 radical (unpaired) electrons. The van der Waals surface area contributed by atoms with E-state index >= 15 is 0 Å². The van der Waals surface area contributed by atoms with Crippen LogP contribution in [0, 0.1) is 0 Å². The first-order chi connectivity index (χ1) is 10.7. The number of halogens is 15. The second-order valence-corrected chi connectivity index (χ2v) is 2.89. The molecule has 0 aromatic heterocycles. The van der Waals surface area contributed by atoms with Crippen LogP contribution in [-0.4, -0.2) is 47.3 Å². The smallest absolute Gasteiger partial charge is 0.0623 e. The van der Waals surface area contributed by atoms with Crippen molar-refractivity contribution in [2.75, 3.05) is 0 Å². The van der Waals surface area contributed by atoms with E-state index in [1.54, 1.807) is 0 Å². The minimum Gasteiger partial charge on any atom is -0.0623 e. The molecule has 0 aliphatic carbocycles. The van der Waals surface area contributed by atoms with Gasteiger partial charge in [-0.3, -0.25) is 0 Å². The van der Waals surface area contributed by atoms with Gasteiger partial charge in [0, 0.05) is 0 Å². The maximum absolute atomic E-state index is 9.75. The SMILES string of the molecule is FC(F)F.F[B-](F)(F)F.F[B-](F)(F)F.F[B-](F)(F)F.[LiH].c1ccccc1. The summed E-state index contributed by atoms with van der Waals surface area (Å²) in [5.74, 6) is 0. The Morgan fingerprint density at radius 1 is 0.385 bits per heavy atom. The molecule has 0 nitrogen and oxygen atoms in total. The normalized spacial score (nSPS) is 10.2. The van der Waals surface area contributed by atoms with Crippen LogP contribution in [0.25, 0.3) is 0 Å². The van der Waals surface area contributed by atoms with Gasteiger partial charge in [0.15, 0.2) is 0 Å². The zero-order valence-corrected chi connectivity index (χ0v) is 11.4. The maximum Gasteiger partial charge on any atom is -0.0623 e. The van der Waals surface area contributed by atoms with Crippen molar-refractivity contribution in [2.24, 2.45) is 0 Å². The summed E-state index contributed by atoms with van der Waals surface area (Å²) in [6.45, 7) is -3.67. The molecule has 1 rings (SSSR count). The van der Waals surface area contributed by atoms with Gasteiger partial charge in [-0.2, -0.15) is 13.2 Å². The summed E-state index contributed by atoms with van der Waals surface area (Å²) in [7, 11) is -18.0. The first-order valence-electron chi connectivity index (χ1n) is 5.27. The molecule has 0 fully saturated rings. The van der Waals surface area contributed by atoms with Crippen molar-refractivity contribution in [3.63, 3.8) is 0 Å². The van der Waals surface area contributed by atoms with Gasteiger partial charge in [-0.25, -0.2) is 0 Å². The molecule has 154 valence electrons. The maximum atomic E-state index is 9.75. The quantitative estimate of drug-likeness (QED) is 0.353. The van der Waals surface area contributed by atoms with Crippen molar-refractivity contribution in [1.29, 1.82) is 0 Å². The van der Waals surface area contributed by atoms with E-state index in [1.165, 1.54) is 0 Å². The van der Waals surface area contributed by atoms with Gasteiger partial charge in [-0.15, -0.1) is 0 Å². The van der Waals surface area contributed by atoms with Gasteiger partial charge < -0.3 is 51.8 Å². The van der Waals surface area contributed by atoms with Gasteiger partial charge in [0.1, 0.15) is 0 Å². The summed E-state index contributed by atoms with van der Waals surface area (Å²) < 4.78 is 146. The van der Waals surface area contributed by atoms with Crippen molar-refractivity contribution >= 4 is 40.6 Å². The zero-order chi connectivity index (χ0) is 21.3. The van der Waals surface area contributed by atoms with Crippen LogP contribution in [-0.2, 0) is 0 Å². The molecule has 0 N–H and O–H groups in total. The molecule has 0 heterocycles. The fourth-order valence-electron chi connectivity index (χ4n) is 0.385. The molecule has 0 bridgehead atoms. The third kappa shape index (κ3) is 450. The number of hydrogen-bond donors (Lipinski definition) is 0. The molecule has 0 atom stereocenters. The summed E-state index contributed by atoms with van der Waals surface area (Å²) >= 11 is 0. The van der Waals surface area contributed by atoms with E-state index in [1.807, 2.05) is 36.4 Å². The van der Waals surface area contributed by atoms with Gasteiger partial charge in [0.2, 0.25) is 0 Å². The summed E-state index contributed by atoms with van der Waals surface area (Å²) in [6.07, 6.45) is 0. The fraction of sp³-hybridized carbons (Fsp3) is 0.143. The van der Waals surface area contributed by atoms with Gasteiger partial charge in [-0.1, -0.05) is 36.4 Å². The molecule has 0 amide bonds. The Bertz CT molecular complexity index is 288. The van der Waals surface area contributed by atoms with Crippen LogP contribution in [0.1, 0.15) is 0 Å². The Kier molecular flexibility index (Phi) is 25.9. The van der Waals surface area contributed by atoms with Crippen molar-refractivity contribution in [2.45, 2.75) is 6.68 Å². The fourth-order valence-corrected chi connectivity index (χ4v) is 0.385. The van der Waals surface area contributed by atoms with Gasteiger partial charge in [-0.05, 0) is 0 Å². The molecule has 26 heavy (non-hydrogen) atoms. The van der Waals surface area contributed by atoms with Crippen LogP contribution < -0.4 is 0 Å². The van der Waals surface area contributed by atoms with Crippen LogP contribution in [0.5, 0.6) is 0 Å². The van der Waals surface area contributed by atoms with Crippen LogP contribution >= 0.6 is 0 Å². The van der Waals surface area contributed by atoms with E-state index in [0.717, 1.165) is 0 Å². The molecule has 0 spiro atoms. The third-order valence-electron chi connectivity index (χ3n) is 0.667. The summed E-state index contributed by atoms with van der Waals surface area (Å²) in [4.78, 5) is 0. The first kappa shape index (κ1) is 36.0. The molecule has 0 aliphatic heterocycles. The summed E-state index contributed by atoms with van der Waals surface area (Å²) in [5, 5.41) is 0. The molecule has 0 saturated carbocycles. The molecule has 1 aromatic rings. The van der Waals surface area contributed by atoms with Gasteiger partial charge >= 0.3 is 47.3 Å². The topological polar surface area (TPSA) is 0 Å². The van der Waals surface area contributed by atoms with E-state index < -0.39 is 28.4 Å². The minimum atomic E-state index is -6.00. The first-order valence-corrected chi connectivity index (χ1v) is 5.27. The Labute approximate surface area is 149 Å². The molecular formula is C7H8B3F15Li-3. The van der Waals surface area contributed by atoms with Crippen molar-refractivity contribution in [3.8, 4) is 0 Å². The number of rotatable bonds is 0. The predicted molar refractivity (Wildman–Crippen MR) is 71.3 cm³/mol. The minimum absolute atomic E-state index is 0. The number of alkyl halides is 3. The Morgan fingerprint density at radius 3 is 0.462 bits per heavy atom. The van der Waals surface area contributed by atoms with E-state index in [-0.39, 0.29) is 18.9 Å². The zero-order valence-electron chi connectivity index (χ0n) is 11.4. The Balaban J connectivity index is -0.0000000705. The van der Waals surface area contributed by atoms with Crippen LogP contribution in [0.2, 0.25) is 0 Å². The van der Waals surface area contributed by atoms with Crippen LogP contribution in [0.3, 0.4) is 0 Å². The van der Waals surface area contributed by atoms with Gasteiger partial charge in [0.05, 0.1) is 0 Å². The standard InChI is InChI=1S/C6H6.CHF3.3BF4.Li.H/c1-2-4-6-5-3-1;2-1(3)4;3*2-1(3,4)5;;/h1-6H;1H;;;;;/q;;3*-1;;. The van der Waals surface area contributed by atoms with Gasteiger partial charge in [0.25, 0.3) is 0 Å². The second kappa shape index (κ2) is 18.7. The predicted octanol–water partition coefficient (Wildman–Crippen LogP) is 6.12. The van der Waals surface area contributed by atoms with Crippen LogP contribution in [0.4, 0.5) is 65.0 Å². The second-order valence-electron chi connectivity index (χ2n) is 2.89. The number of hydrogen-bond acceptors (Lipinski definition) is 0. The molecule has 0 saturated heterocycles. The number of benzene rings is 1. The third-order valence-corrected chi connectivity index (χ3v) is 0.667. The van der Waals surface area contributed by atoms with E-state index in [4.69, 9.17) is 0 Å². The molecular weight excluding hydrogens is 408 g/mol. The van der Waals surface area contributed by atoms with Crippen molar-refractivity contribution < 1.29 is 65.0 Å². The summed E-state index contributed by atoms with van der Waals surface area (Å²) in [5.41, 5.74) is 0. The average molecular weight is 416 g/mol. The Hall–Kier alpha value is -1.04. The Morgan fingerprint density at radius 2 is 0.423 bits per heavy atom. The van der Waals surface area contributed by atoms with E-state index in [0.29, 0.717) is 0 Å². The monoisotopic (exact) mass is 417 g/mol. The van der Waals surface area contributed by atoms with Crippen molar-refractivity contribution in [1.82, 2.24) is 0 Å². The summed E-state index contributed by atoms with van der Waals surface area (Å²) in [6, 6.07) is 12.0. The molecule has 19 heteroatoms. The van der Waals surface area contributed by atoms with E-state index in [9.17, 15) is 65.0 Å². The van der Waals surface area contributed by atoms with Crippen LogP contribution in [0.15, 0.2) is 36.4 Å². The average Bonchev–Trinajstić information content (AvgIpc) is 2.23. The molecule has 0 unspecified atom stereocenters.